The summed E-state index contributed by atoms with van der Waals surface area (Å²) in [5, 5.41) is 0. The predicted octanol–water partition coefficient (Wildman–Crippen LogP) is 5.95. The molecule has 0 radical (unpaired) electrons. The van der Waals surface area contributed by atoms with Gasteiger partial charge in [0.05, 0.1) is 6.42 Å². The van der Waals surface area contributed by atoms with Gasteiger partial charge in [-0.3, -0.25) is 4.79 Å². The maximum absolute atomic E-state index is 13.3. The molecule has 0 heterocycles. The van der Waals surface area contributed by atoms with Crippen LogP contribution in [-0.4, -0.2) is 18.1 Å². The number of hydrogen-bond acceptors (Lipinski definition) is 1. The van der Waals surface area contributed by atoms with Crippen molar-refractivity contribution in [2.45, 2.75) is 18.8 Å². The summed E-state index contributed by atoms with van der Waals surface area (Å²) in [6, 6.07) is 10.1. The van der Waals surface area contributed by atoms with E-state index in [1.807, 2.05) is 0 Å². The average molecular weight is 368 g/mol. The van der Waals surface area contributed by atoms with Crippen LogP contribution in [0.5, 0.6) is 0 Å². The quantitative estimate of drug-likeness (QED) is 0.403. The summed E-state index contributed by atoms with van der Waals surface area (Å²) in [7, 11) is 0. The van der Waals surface area contributed by atoms with Crippen molar-refractivity contribution in [3.8, 4) is 11.1 Å². The molecule has 26 heavy (non-hydrogen) atoms. The van der Waals surface area contributed by atoms with E-state index < -0.39 is 35.7 Å². The maximum atomic E-state index is 13.3. The van der Waals surface area contributed by atoms with Crippen LogP contribution >= 0.6 is 0 Å². The van der Waals surface area contributed by atoms with Crippen LogP contribution in [-0.2, 0) is 0 Å². The van der Waals surface area contributed by atoms with Gasteiger partial charge in [0.2, 0.25) is 0 Å². The SMILES string of the molecule is O=C1c2ccccc2-c2ccc(C(=C=CCC(F)(F)F)C(F)(F)F)cc21. The van der Waals surface area contributed by atoms with Crippen LogP contribution in [0.4, 0.5) is 26.3 Å². The van der Waals surface area contributed by atoms with Crippen LogP contribution in [0.3, 0.4) is 0 Å². The van der Waals surface area contributed by atoms with Gasteiger partial charge in [-0.15, -0.1) is 5.73 Å². The summed E-state index contributed by atoms with van der Waals surface area (Å²) in [6.45, 7) is 0. The van der Waals surface area contributed by atoms with Gasteiger partial charge < -0.3 is 0 Å². The number of benzene rings is 2. The number of alkyl halides is 6. The van der Waals surface area contributed by atoms with Gasteiger partial charge in [-0.05, 0) is 28.8 Å². The zero-order valence-electron chi connectivity index (χ0n) is 13.0. The fourth-order valence-electron chi connectivity index (χ4n) is 2.78. The highest BCUT2D eigenvalue weighted by Crippen LogP contribution is 2.40. The van der Waals surface area contributed by atoms with E-state index in [-0.39, 0.29) is 5.56 Å². The number of fused-ring (bicyclic) bond motifs is 3. The van der Waals surface area contributed by atoms with E-state index in [0.717, 1.165) is 12.1 Å². The van der Waals surface area contributed by atoms with E-state index >= 15 is 0 Å². The molecule has 0 amide bonds. The molecule has 3 rings (SSSR count). The fourth-order valence-corrected chi connectivity index (χ4v) is 2.78. The van der Waals surface area contributed by atoms with Crippen LogP contribution in [0.1, 0.15) is 27.9 Å². The van der Waals surface area contributed by atoms with Crippen molar-refractivity contribution >= 4 is 11.4 Å². The summed E-state index contributed by atoms with van der Waals surface area (Å²) in [4.78, 5) is 12.4. The van der Waals surface area contributed by atoms with Crippen molar-refractivity contribution in [1.29, 1.82) is 0 Å². The van der Waals surface area contributed by atoms with Crippen molar-refractivity contribution in [2.75, 3.05) is 0 Å². The Morgan fingerprint density at radius 1 is 0.885 bits per heavy atom. The lowest BCUT2D eigenvalue weighted by atomic mass is 9.99. The molecule has 0 atom stereocenters. The summed E-state index contributed by atoms with van der Waals surface area (Å²) in [5.74, 6) is -0.418. The highest BCUT2D eigenvalue weighted by molar-refractivity contribution is 6.21. The number of rotatable bonds is 2. The minimum absolute atomic E-state index is 0.0862. The molecule has 0 bridgehead atoms. The summed E-state index contributed by atoms with van der Waals surface area (Å²) < 4.78 is 76.3. The van der Waals surface area contributed by atoms with Gasteiger partial charge in [0.1, 0.15) is 5.57 Å². The second kappa shape index (κ2) is 6.18. The first-order chi connectivity index (χ1) is 12.1. The maximum Gasteiger partial charge on any atom is 0.424 e. The molecule has 0 fully saturated rings. The number of allylic oxidation sites excluding steroid dienone is 1. The number of hydrogen-bond donors (Lipinski definition) is 0. The molecule has 2 aromatic rings. The highest BCUT2D eigenvalue weighted by Gasteiger charge is 2.36. The molecule has 0 aliphatic heterocycles. The summed E-state index contributed by atoms with van der Waals surface area (Å²) in [5.41, 5.74) is 1.51. The van der Waals surface area contributed by atoms with Gasteiger partial charge in [0.15, 0.2) is 5.78 Å². The molecule has 0 spiro atoms. The first-order valence-electron chi connectivity index (χ1n) is 7.45. The van der Waals surface area contributed by atoms with Crippen molar-refractivity contribution in [2.24, 2.45) is 0 Å². The predicted molar refractivity (Wildman–Crippen MR) is 83.5 cm³/mol. The lowest BCUT2D eigenvalue weighted by Gasteiger charge is -2.11. The fraction of sp³-hybridized carbons (Fsp3) is 0.158. The van der Waals surface area contributed by atoms with E-state index in [9.17, 15) is 31.1 Å². The number of carbonyl (C=O) groups is 1. The second-order valence-electron chi connectivity index (χ2n) is 5.68. The van der Waals surface area contributed by atoms with E-state index in [0.29, 0.717) is 22.8 Å². The van der Waals surface area contributed by atoms with Gasteiger partial charge in [-0.1, -0.05) is 36.4 Å². The van der Waals surface area contributed by atoms with Crippen LogP contribution in [0, 0.1) is 0 Å². The van der Waals surface area contributed by atoms with Crippen LogP contribution in [0.25, 0.3) is 16.7 Å². The number of halogens is 6. The average Bonchev–Trinajstić information content (AvgIpc) is 2.82. The Labute approximate surface area is 144 Å². The van der Waals surface area contributed by atoms with Gasteiger partial charge in [-0.2, -0.15) is 26.3 Å². The van der Waals surface area contributed by atoms with Crippen molar-refractivity contribution in [1.82, 2.24) is 0 Å². The monoisotopic (exact) mass is 368 g/mol. The molecule has 7 heteroatoms. The standard InChI is InChI=1S/C19H10F6O/c20-18(21,22)9-3-6-16(19(23,24)25)11-7-8-13-12-4-1-2-5-14(12)17(26)15(13)10-11/h1-5,7-8,10H,9H2. The molecule has 0 N–H and O–H groups in total. The third kappa shape index (κ3) is 3.44. The van der Waals surface area contributed by atoms with Gasteiger partial charge >= 0.3 is 12.4 Å². The summed E-state index contributed by atoms with van der Waals surface area (Å²) >= 11 is 0. The lowest BCUT2D eigenvalue weighted by molar-refractivity contribution is -0.125. The first kappa shape index (κ1) is 18.0. The van der Waals surface area contributed by atoms with Crippen molar-refractivity contribution < 1.29 is 31.1 Å². The smallest absolute Gasteiger partial charge is 0.289 e. The van der Waals surface area contributed by atoms with E-state index in [2.05, 4.69) is 0 Å². The molecule has 0 unspecified atom stereocenters. The van der Waals surface area contributed by atoms with Crippen LogP contribution in [0.2, 0.25) is 0 Å². The molecule has 134 valence electrons. The molecule has 0 aromatic heterocycles. The molecule has 2 aromatic carbocycles. The third-order valence-corrected chi connectivity index (χ3v) is 3.88. The topological polar surface area (TPSA) is 17.1 Å². The Bertz CT molecular complexity index is 943. The molecular formula is C19H10F6O. The van der Waals surface area contributed by atoms with Crippen molar-refractivity contribution in [3.63, 3.8) is 0 Å². The first-order valence-corrected chi connectivity index (χ1v) is 7.45. The normalized spacial score (nSPS) is 13.1. The Morgan fingerprint density at radius 2 is 1.50 bits per heavy atom. The molecule has 1 nitrogen and oxygen atoms in total. The minimum atomic E-state index is -4.91. The molecule has 1 aliphatic carbocycles. The Morgan fingerprint density at radius 3 is 2.12 bits per heavy atom. The van der Waals surface area contributed by atoms with Crippen LogP contribution in [0.15, 0.2) is 54.3 Å². The minimum Gasteiger partial charge on any atom is -0.289 e. The Hall–Kier alpha value is -2.79. The molecule has 1 aliphatic rings. The van der Waals surface area contributed by atoms with Gasteiger partial charge in [0, 0.05) is 11.1 Å². The zero-order valence-corrected chi connectivity index (χ0v) is 13.0. The third-order valence-electron chi connectivity index (χ3n) is 3.88. The van der Waals surface area contributed by atoms with E-state index in [1.165, 1.54) is 6.07 Å². The molecule has 0 saturated carbocycles. The van der Waals surface area contributed by atoms with Gasteiger partial charge in [-0.25, -0.2) is 0 Å². The molecule has 0 saturated heterocycles. The Kier molecular flexibility index (Phi) is 4.28. The number of ketones is 1. The zero-order chi connectivity index (χ0) is 19.1. The Balaban J connectivity index is 2.09. The molecular weight excluding hydrogens is 358 g/mol. The second-order valence-corrected chi connectivity index (χ2v) is 5.68. The van der Waals surface area contributed by atoms with E-state index in [1.54, 1.807) is 30.0 Å². The van der Waals surface area contributed by atoms with Gasteiger partial charge in [0.25, 0.3) is 0 Å². The van der Waals surface area contributed by atoms with E-state index in [4.69, 9.17) is 0 Å². The number of carbonyl (C=O) groups excluding carboxylic acids is 1. The highest BCUT2D eigenvalue weighted by atomic mass is 19.4. The van der Waals surface area contributed by atoms with Crippen molar-refractivity contribution in [3.05, 3.63) is 71.0 Å². The van der Waals surface area contributed by atoms with Crippen LogP contribution < -0.4 is 0 Å². The summed E-state index contributed by atoms with van der Waals surface area (Å²) in [6.07, 6.45) is -10.8. The largest absolute Gasteiger partial charge is 0.424 e. The lowest BCUT2D eigenvalue weighted by Crippen LogP contribution is -2.11.